The second kappa shape index (κ2) is 5.26. The van der Waals surface area contributed by atoms with Crippen molar-refractivity contribution in [3.63, 3.8) is 0 Å². The Morgan fingerprint density at radius 2 is 2.07 bits per heavy atom. The van der Waals surface area contributed by atoms with Crippen molar-refractivity contribution in [2.75, 3.05) is 11.9 Å². The van der Waals surface area contributed by atoms with E-state index in [2.05, 4.69) is 19.2 Å². The molecule has 0 atom stereocenters. The van der Waals surface area contributed by atoms with Crippen LogP contribution in [0.3, 0.4) is 0 Å². The molecule has 1 aromatic carbocycles. The molecule has 0 fully saturated rings. The molecule has 78 valence electrons. The number of benzene rings is 1. The summed E-state index contributed by atoms with van der Waals surface area (Å²) in [5.41, 5.74) is 2.17. The zero-order valence-corrected chi connectivity index (χ0v) is 9.86. The molecule has 0 unspecified atom stereocenters. The molecular weight excluding hydrogens is 194 g/mol. The summed E-state index contributed by atoms with van der Waals surface area (Å²) in [7, 11) is 0. The van der Waals surface area contributed by atoms with Gasteiger partial charge in [-0.25, -0.2) is 0 Å². The zero-order valence-electron chi connectivity index (χ0n) is 9.10. The lowest BCUT2D eigenvalue weighted by Crippen LogP contribution is -2.05. The van der Waals surface area contributed by atoms with Gasteiger partial charge >= 0.3 is 0 Å². The largest absolute Gasteiger partial charge is 0.384 e. The molecule has 0 heterocycles. The van der Waals surface area contributed by atoms with Crippen molar-refractivity contribution in [3.05, 3.63) is 28.8 Å². The molecule has 0 aliphatic carbocycles. The first-order valence-electron chi connectivity index (χ1n) is 5.10. The van der Waals surface area contributed by atoms with Crippen molar-refractivity contribution in [1.29, 1.82) is 0 Å². The first-order valence-corrected chi connectivity index (χ1v) is 5.48. The lowest BCUT2D eigenvalue weighted by molar-refractivity contribution is 0.607. The first kappa shape index (κ1) is 11.4. The van der Waals surface area contributed by atoms with Gasteiger partial charge in [-0.1, -0.05) is 37.6 Å². The minimum Gasteiger partial charge on any atom is -0.384 e. The summed E-state index contributed by atoms with van der Waals surface area (Å²) < 4.78 is 0. The van der Waals surface area contributed by atoms with Gasteiger partial charge in [0.15, 0.2) is 0 Å². The molecular formula is C12H18ClN. The predicted octanol–water partition coefficient (Wildman–Crippen LogP) is 4.11. The Balaban J connectivity index is 2.54. The minimum atomic E-state index is 0.728. The van der Waals surface area contributed by atoms with Gasteiger partial charge in [0.2, 0.25) is 0 Å². The van der Waals surface area contributed by atoms with E-state index in [1.807, 2.05) is 25.1 Å². The summed E-state index contributed by atoms with van der Waals surface area (Å²) in [6.07, 6.45) is 1.17. The van der Waals surface area contributed by atoms with Crippen molar-refractivity contribution >= 4 is 17.3 Å². The lowest BCUT2D eigenvalue weighted by Gasteiger charge is -2.10. The van der Waals surface area contributed by atoms with Gasteiger partial charge in [-0.05, 0) is 30.9 Å². The van der Waals surface area contributed by atoms with Crippen molar-refractivity contribution in [2.45, 2.75) is 27.2 Å². The van der Waals surface area contributed by atoms with Gasteiger partial charge in [-0.2, -0.15) is 0 Å². The van der Waals surface area contributed by atoms with E-state index in [9.17, 15) is 0 Å². The Morgan fingerprint density at radius 1 is 1.36 bits per heavy atom. The molecule has 1 rings (SSSR count). The monoisotopic (exact) mass is 211 g/mol. The van der Waals surface area contributed by atoms with Crippen LogP contribution >= 0.6 is 11.6 Å². The average molecular weight is 212 g/mol. The third-order valence-corrected chi connectivity index (χ3v) is 2.73. The van der Waals surface area contributed by atoms with Crippen LogP contribution in [0.4, 0.5) is 5.69 Å². The number of aryl methyl sites for hydroxylation is 1. The maximum Gasteiger partial charge on any atom is 0.0666 e. The second-order valence-electron chi connectivity index (χ2n) is 4.05. The van der Waals surface area contributed by atoms with Crippen LogP contribution in [-0.2, 0) is 0 Å². The van der Waals surface area contributed by atoms with E-state index >= 15 is 0 Å². The van der Waals surface area contributed by atoms with Crippen LogP contribution in [0.1, 0.15) is 25.8 Å². The van der Waals surface area contributed by atoms with Gasteiger partial charge in [-0.15, -0.1) is 0 Å². The highest BCUT2D eigenvalue weighted by Crippen LogP contribution is 2.24. The summed E-state index contributed by atoms with van der Waals surface area (Å²) >= 11 is 6.15. The quantitative estimate of drug-likeness (QED) is 0.791. The summed E-state index contributed by atoms with van der Waals surface area (Å²) in [4.78, 5) is 0. The van der Waals surface area contributed by atoms with E-state index in [0.717, 1.165) is 28.7 Å². The van der Waals surface area contributed by atoms with E-state index in [-0.39, 0.29) is 0 Å². The fourth-order valence-electron chi connectivity index (χ4n) is 1.28. The molecule has 2 heteroatoms. The first-order chi connectivity index (χ1) is 6.61. The Hall–Kier alpha value is -0.690. The number of rotatable bonds is 4. The molecule has 0 radical (unpaired) electrons. The highest BCUT2D eigenvalue weighted by atomic mass is 35.5. The van der Waals surface area contributed by atoms with Crippen LogP contribution in [-0.4, -0.2) is 6.54 Å². The van der Waals surface area contributed by atoms with Crippen molar-refractivity contribution in [2.24, 2.45) is 5.92 Å². The van der Waals surface area contributed by atoms with Gasteiger partial charge in [0.1, 0.15) is 0 Å². The predicted molar refractivity (Wildman–Crippen MR) is 64.1 cm³/mol. The van der Waals surface area contributed by atoms with Crippen LogP contribution in [0.2, 0.25) is 5.02 Å². The fourth-order valence-corrected chi connectivity index (χ4v) is 1.47. The normalized spacial score (nSPS) is 10.6. The van der Waals surface area contributed by atoms with Crippen molar-refractivity contribution < 1.29 is 0 Å². The smallest absolute Gasteiger partial charge is 0.0666 e. The number of halogens is 1. The Bertz CT molecular complexity index is 294. The average Bonchev–Trinajstić information content (AvgIpc) is 2.12. The van der Waals surface area contributed by atoms with E-state index in [1.54, 1.807) is 0 Å². The zero-order chi connectivity index (χ0) is 10.6. The lowest BCUT2D eigenvalue weighted by atomic mass is 10.1. The van der Waals surface area contributed by atoms with Crippen LogP contribution in [0.15, 0.2) is 18.2 Å². The van der Waals surface area contributed by atoms with E-state index in [4.69, 9.17) is 11.6 Å². The molecule has 1 aromatic rings. The molecule has 0 amide bonds. The van der Waals surface area contributed by atoms with Gasteiger partial charge in [0.05, 0.1) is 10.7 Å². The maximum absolute atomic E-state index is 6.15. The number of hydrogen-bond acceptors (Lipinski definition) is 1. The summed E-state index contributed by atoms with van der Waals surface area (Å²) in [5.74, 6) is 0.728. The van der Waals surface area contributed by atoms with Crippen LogP contribution in [0, 0.1) is 12.8 Å². The molecule has 1 nitrogen and oxygen atoms in total. The third kappa shape index (κ3) is 3.22. The van der Waals surface area contributed by atoms with E-state index in [0.29, 0.717) is 0 Å². The SMILES string of the molecule is Cc1cccc(NCCC(C)C)c1Cl. The van der Waals surface area contributed by atoms with Gasteiger partial charge in [0.25, 0.3) is 0 Å². The van der Waals surface area contributed by atoms with Gasteiger partial charge < -0.3 is 5.32 Å². The fraction of sp³-hybridized carbons (Fsp3) is 0.500. The highest BCUT2D eigenvalue weighted by Gasteiger charge is 2.01. The Kier molecular flexibility index (Phi) is 4.27. The van der Waals surface area contributed by atoms with Crippen LogP contribution in [0.25, 0.3) is 0 Å². The van der Waals surface area contributed by atoms with Crippen LogP contribution in [0.5, 0.6) is 0 Å². The molecule has 0 bridgehead atoms. The molecule has 0 spiro atoms. The maximum atomic E-state index is 6.15. The van der Waals surface area contributed by atoms with Gasteiger partial charge in [0, 0.05) is 6.54 Å². The minimum absolute atomic E-state index is 0.728. The molecule has 0 aliphatic rings. The molecule has 1 N–H and O–H groups in total. The standard InChI is InChI=1S/C12H18ClN/c1-9(2)7-8-14-11-6-4-5-10(3)12(11)13/h4-6,9,14H,7-8H2,1-3H3. The number of anilines is 1. The topological polar surface area (TPSA) is 12.0 Å². The van der Waals surface area contributed by atoms with E-state index in [1.165, 1.54) is 6.42 Å². The molecule has 0 saturated heterocycles. The van der Waals surface area contributed by atoms with Gasteiger partial charge in [-0.3, -0.25) is 0 Å². The summed E-state index contributed by atoms with van der Waals surface area (Å²) in [6, 6.07) is 6.07. The van der Waals surface area contributed by atoms with Crippen LogP contribution < -0.4 is 5.32 Å². The third-order valence-electron chi connectivity index (χ3n) is 2.23. The number of nitrogens with one attached hydrogen (secondary N) is 1. The number of hydrogen-bond donors (Lipinski definition) is 1. The van der Waals surface area contributed by atoms with Crippen molar-refractivity contribution in [1.82, 2.24) is 0 Å². The van der Waals surface area contributed by atoms with E-state index < -0.39 is 0 Å². The summed E-state index contributed by atoms with van der Waals surface area (Å²) in [6.45, 7) is 7.45. The molecule has 14 heavy (non-hydrogen) atoms. The Labute approximate surface area is 91.5 Å². The van der Waals surface area contributed by atoms with Crippen molar-refractivity contribution in [3.8, 4) is 0 Å². The molecule has 0 saturated carbocycles. The molecule has 0 aliphatic heterocycles. The summed E-state index contributed by atoms with van der Waals surface area (Å²) in [5, 5.41) is 4.20. The molecule has 0 aromatic heterocycles. The second-order valence-corrected chi connectivity index (χ2v) is 4.42. The highest BCUT2D eigenvalue weighted by molar-refractivity contribution is 6.33. The Morgan fingerprint density at radius 3 is 2.71 bits per heavy atom.